The summed E-state index contributed by atoms with van der Waals surface area (Å²) in [5.41, 5.74) is -0.502. The lowest BCUT2D eigenvalue weighted by atomic mass is 9.85. The highest BCUT2D eigenvalue weighted by Crippen LogP contribution is 2.37. The van der Waals surface area contributed by atoms with Crippen molar-refractivity contribution in [3.05, 3.63) is 60.1 Å². The Balaban J connectivity index is 1.07. The number of aromatic nitrogens is 6. The predicted molar refractivity (Wildman–Crippen MR) is 139 cm³/mol. The molecule has 0 radical (unpaired) electrons. The van der Waals surface area contributed by atoms with Gasteiger partial charge < -0.3 is 15.0 Å². The standard InChI is InChI=1S/C27H29F3N8O2/c1-26(2,40)17-9-21(35-22(10-17)27(28,29)30)25(39)37-7-5-36(6-8-37)18-11-19(12-18)38-14-16(13-34-38)23-20-3-4-31-24(20)33-15-32-23/h3-4,9-10,13-15,18-19,40H,5-8,11-12H2,1-2H3,(H,31,32,33). The van der Waals surface area contributed by atoms with E-state index in [4.69, 9.17) is 0 Å². The van der Waals surface area contributed by atoms with Gasteiger partial charge in [0, 0.05) is 55.6 Å². The molecule has 5 heterocycles. The smallest absolute Gasteiger partial charge is 0.386 e. The number of piperazine rings is 1. The molecule has 210 valence electrons. The second kappa shape index (κ2) is 9.66. The number of H-pyrrole nitrogens is 1. The normalized spacial score (nSPS) is 20.6. The van der Waals surface area contributed by atoms with Gasteiger partial charge in [0.25, 0.3) is 5.91 Å². The number of nitrogens with zero attached hydrogens (tertiary/aromatic N) is 7. The second-order valence-corrected chi connectivity index (χ2v) is 11.0. The number of rotatable bonds is 5. The number of carbonyl (C=O) groups is 1. The molecule has 1 amide bonds. The average molecular weight is 555 g/mol. The zero-order chi connectivity index (χ0) is 28.2. The number of aromatic amines is 1. The molecule has 0 aromatic carbocycles. The van der Waals surface area contributed by atoms with Gasteiger partial charge in [-0.25, -0.2) is 15.0 Å². The Morgan fingerprint density at radius 2 is 1.82 bits per heavy atom. The molecule has 0 atom stereocenters. The minimum atomic E-state index is -4.73. The third-order valence-electron chi connectivity index (χ3n) is 7.85. The SMILES string of the molecule is CC(C)(O)c1cc(C(=O)N2CCN(C3CC(n4cc(-c5ncnc6[nH]ccc56)cn4)C3)CC2)nc(C(F)(F)F)c1. The largest absolute Gasteiger partial charge is 0.433 e. The van der Waals surface area contributed by atoms with Gasteiger partial charge in [0.05, 0.1) is 23.5 Å². The lowest BCUT2D eigenvalue weighted by molar-refractivity contribution is -0.141. The lowest BCUT2D eigenvalue weighted by Crippen LogP contribution is -2.55. The predicted octanol–water partition coefficient (Wildman–Crippen LogP) is 3.62. The van der Waals surface area contributed by atoms with Crippen LogP contribution < -0.4 is 0 Å². The van der Waals surface area contributed by atoms with Crippen LogP contribution in [0.4, 0.5) is 13.2 Å². The van der Waals surface area contributed by atoms with Crippen molar-refractivity contribution >= 4 is 16.9 Å². The summed E-state index contributed by atoms with van der Waals surface area (Å²) in [6, 6.07) is 4.59. The quantitative estimate of drug-likeness (QED) is 0.387. The minimum absolute atomic E-state index is 0.00340. The first-order chi connectivity index (χ1) is 19.0. The number of alkyl halides is 3. The molecule has 0 bridgehead atoms. The average Bonchev–Trinajstić information content (AvgIpc) is 3.57. The first kappa shape index (κ1) is 26.4. The van der Waals surface area contributed by atoms with E-state index in [2.05, 4.69) is 29.9 Å². The van der Waals surface area contributed by atoms with Crippen molar-refractivity contribution < 1.29 is 23.1 Å². The number of fused-ring (bicyclic) bond motifs is 1. The highest BCUT2D eigenvalue weighted by Gasteiger charge is 2.39. The third kappa shape index (κ3) is 4.94. The first-order valence-corrected chi connectivity index (χ1v) is 13.2. The van der Waals surface area contributed by atoms with Crippen LogP contribution in [0.25, 0.3) is 22.3 Å². The van der Waals surface area contributed by atoms with Crippen molar-refractivity contribution in [2.45, 2.75) is 50.6 Å². The van der Waals surface area contributed by atoms with Crippen molar-refractivity contribution in [3.63, 3.8) is 0 Å². The molecule has 0 spiro atoms. The van der Waals surface area contributed by atoms with Gasteiger partial charge in [0.15, 0.2) is 0 Å². The fourth-order valence-corrected chi connectivity index (χ4v) is 5.43. The van der Waals surface area contributed by atoms with E-state index >= 15 is 0 Å². The molecule has 2 fully saturated rings. The van der Waals surface area contributed by atoms with E-state index in [1.54, 1.807) is 0 Å². The van der Waals surface area contributed by atoms with Gasteiger partial charge in [0.1, 0.15) is 23.4 Å². The van der Waals surface area contributed by atoms with Crippen LogP contribution in [0.15, 0.2) is 43.1 Å². The highest BCUT2D eigenvalue weighted by atomic mass is 19.4. The molecule has 0 unspecified atom stereocenters. The molecular weight excluding hydrogens is 525 g/mol. The van der Waals surface area contributed by atoms with Crippen LogP contribution >= 0.6 is 0 Å². The molecule has 1 aliphatic carbocycles. The summed E-state index contributed by atoms with van der Waals surface area (Å²) in [7, 11) is 0. The van der Waals surface area contributed by atoms with E-state index in [9.17, 15) is 23.1 Å². The van der Waals surface area contributed by atoms with E-state index in [0.717, 1.165) is 41.2 Å². The topological polar surface area (TPSA) is 116 Å². The monoisotopic (exact) mass is 554 g/mol. The molecule has 1 saturated heterocycles. The molecule has 40 heavy (non-hydrogen) atoms. The van der Waals surface area contributed by atoms with Crippen molar-refractivity contribution in [2.24, 2.45) is 0 Å². The summed E-state index contributed by atoms with van der Waals surface area (Å²) < 4.78 is 42.3. The van der Waals surface area contributed by atoms with Gasteiger partial charge in [-0.3, -0.25) is 14.4 Å². The number of hydrogen-bond donors (Lipinski definition) is 2. The Kier molecular flexibility index (Phi) is 6.37. The molecule has 4 aromatic heterocycles. The number of amides is 1. The van der Waals surface area contributed by atoms with Crippen molar-refractivity contribution in [1.29, 1.82) is 0 Å². The number of carbonyl (C=O) groups excluding carboxylic acids is 1. The molecule has 2 N–H and O–H groups in total. The fraction of sp³-hybridized carbons (Fsp3) is 0.444. The van der Waals surface area contributed by atoms with Crippen LogP contribution in [-0.2, 0) is 11.8 Å². The van der Waals surface area contributed by atoms with E-state index in [1.165, 1.54) is 31.1 Å². The zero-order valence-corrected chi connectivity index (χ0v) is 22.1. The molecule has 1 saturated carbocycles. The van der Waals surface area contributed by atoms with Crippen LogP contribution in [0.5, 0.6) is 0 Å². The number of nitrogens with one attached hydrogen (secondary N) is 1. The summed E-state index contributed by atoms with van der Waals surface area (Å²) in [5, 5.41) is 15.8. The summed E-state index contributed by atoms with van der Waals surface area (Å²) >= 11 is 0. The molecule has 1 aliphatic heterocycles. The lowest BCUT2D eigenvalue weighted by Gasteiger charge is -2.46. The zero-order valence-electron chi connectivity index (χ0n) is 22.1. The van der Waals surface area contributed by atoms with Crippen LogP contribution in [-0.4, -0.2) is 82.8 Å². The van der Waals surface area contributed by atoms with Gasteiger partial charge in [-0.2, -0.15) is 18.3 Å². The second-order valence-electron chi connectivity index (χ2n) is 11.0. The molecule has 4 aromatic rings. The molecule has 2 aliphatic rings. The van der Waals surface area contributed by atoms with E-state index in [1.807, 2.05) is 29.3 Å². The van der Waals surface area contributed by atoms with Crippen molar-refractivity contribution in [3.8, 4) is 11.3 Å². The summed E-state index contributed by atoms with van der Waals surface area (Å²) in [5.74, 6) is -0.562. The van der Waals surface area contributed by atoms with Crippen molar-refractivity contribution in [1.82, 2.24) is 39.5 Å². The van der Waals surface area contributed by atoms with Gasteiger partial charge in [-0.1, -0.05) is 0 Å². The Morgan fingerprint density at radius 3 is 2.52 bits per heavy atom. The Labute approximate surface area is 227 Å². The molecular formula is C27H29F3N8O2. The van der Waals surface area contributed by atoms with E-state index in [0.29, 0.717) is 32.2 Å². The maximum absolute atomic E-state index is 13.4. The highest BCUT2D eigenvalue weighted by molar-refractivity contribution is 5.92. The third-order valence-corrected chi connectivity index (χ3v) is 7.85. The molecule has 6 rings (SSSR count). The van der Waals surface area contributed by atoms with Crippen molar-refractivity contribution in [2.75, 3.05) is 26.2 Å². The summed E-state index contributed by atoms with van der Waals surface area (Å²) in [6.45, 7) is 4.78. The number of hydrogen-bond acceptors (Lipinski definition) is 7. The summed E-state index contributed by atoms with van der Waals surface area (Å²) in [6.07, 6.45) is 4.30. The number of halogens is 3. The van der Waals surface area contributed by atoms with E-state index in [-0.39, 0.29) is 17.3 Å². The Bertz CT molecular complexity index is 1510. The van der Waals surface area contributed by atoms with Gasteiger partial charge in [0.2, 0.25) is 0 Å². The first-order valence-electron chi connectivity index (χ1n) is 13.2. The molecule has 13 heteroatoms. The fourth-order valence-electron chi connectivity index (χ4n) is 5.43. The van der Waals surface area contributed by atoms with Crippen LogP contribution in [0.1, 0.15) is 54.5 Å². The Morgan fingerprint density at radius 1 is 1.07 bits per heavy atom. The van der Waals surface area contributed by atoms with Crippen LogP contribution in [0.2, 0.25) is 0 Å². The minimum Gasteiger partial charge on any atom is -0.386 e. The van der Waals surface area contributed by atoms with E-state index < -0.39 is 23.4 Å². The summed E-state index contributed by atoms with van der Waals surface area (Å²) in [4.78, 5) is 32.3. The van der Waals surface area contributed by atoms with Gasteiger partial charge in [-0.15, -0.1) is 0 Å². The Hall–Kier alpha value is -3.84. The maximum atomic E-state index is 13.4. The maximum Gasteiger partial charge on any atom is 0.433 e. The van der Waals surface area contributed by atoms with Gasteiger partial charge >= 0.3 is 6.18 Å². The van der Waals surface area contributed by atoms with Crippen LogP contribution in [0, 0.1) is 0 Å². The molecule has 10 nitrogen and oxygen atoms in total. The number of aliphatic hydroxyl groups is 1. The van der Waals surface area contributed by atoms with Crippen LogP contribution in [0.3, 0.4) is 0 Å². The van der Waals surface area contributed by atoms with Gasteiger partial charge in [-0.05, 0) is 50.5 Å². The number of pyridine rings is 1.